The fourth-order valence-electron chi connectivity index (χ4n) is 2.61. The molecule has 2 aromatic heterocycles. The third-order valence-corrected chi connectivity index (χ3v) is 3.80. The molecule has 0 aliphatic carbocycles. The van der Waals surface area contributed by atoms with Crippen LogP contribution in [0.2, 0.25) is 0 Å². The van der Waals surface area contributed by atoms with E-state index in [0.717, 1.165) is 0 Å². The average Bonchev–Trinajstić information content (AvgIpc) is 2.91. The van der Waals surface area contributed by atoms with Crippen molar-refractivity contribution in [2.24, 2.45) is 7.05 Å². The summed E-state index contributed by atoms with van der Waals surface area (Å²) in [5, 5.41) is 0. The Morgan fingerprint density at radius 1 is 1.32 bits per heavy atom. The van der Waals surface area contributed by atoms with Crippen molar-refractivity contribution in [1.29, 1.82) is 0 Å². The number of H-pyrrole nitrogens is 1. The largest absolute Gasteiger partial charge is 0.378 e. The van der Waals surface area contributed by atoms with Crippen LogP contribution in [-0.4, -0.2) is 45.4 Å². The van der Waals surface area contributed by atoms with E-state index >= 15 is 0 Å². The van der Waals surface area contributed by atoms with E-state index in [9.17, 15) is 9.59 Å². The summed E-state index contributed by atoms with van der Waals surface area (Å²) < 4.78 is 8.58. The second kappa shape index (κ2) is 5.80. The number of allylic oxidation sites excluding steroid dienone is 2. The van der Waals surface area contributed by atoms with Gasteiger partial charge < -0.3 is 14.2 Å². The number of aryl methyl sites for hydroxylation is 1. The van der Waals surface area contributed by atoms with E-state index < -0.39 is 11.2 Å². The first-order chi connectivity index (χ1) is 10.6. The van der Waals surface area contributed by atoms with Gasteiger partial charge in [0.2, 0.25) is 5.95 Å². The Labute approximate surface area is 126 Å². The minimum Gasteiger partial charge on any atom is -0.378 e. The number of imidazole rings is 1. The van der Waals surface area contributed by atoms with Crippen LogP contribution in [0, 0.1) is 0 Å². The van der Waals surface area contributed by atoms with E-state index in [1.807, 2.05) is 23.6 Å². The van der Waals surface area contributed by atoms with Crippen molar-refractivity contribution in [1.82, 2.24) is 19.1 Å². The molecule has 0 aromatic carbocycles. The van der Waals surface area contributed by atoms with Crippen molar-refractivity contribution in [2.75, 3.05) is 31.2 Å². The predicted octanol–water partition coefficient (Wildman–Crippen LogP) is -0.164. The van der Waals surface area contributed by atoms with Gasteiger partial charge in [0, 0.05) is 26.7 Å². The van der Waals surface area contributed by atoms with E-state index in [1.165, 1.54) is 4.57 Å². The first-order valence-electron chi connectivity index (χ1n) is 7.27. The monoisotopic (exact) mass is 305 g/mol. The molecular formula is C14H19N5O3. The number of fused-ring (bicyclic) bond motifs is 1. The van der Waals surface area contributed by atoms with Crippen LogP contribution < -0.4 is 16.1 Å². The fourth-order valence-corrected chi connectivity index (χ4v) is 2.61. The Kier molecular flexibility index (Phi) is 3.84. The van der Waals surface area contributed by atoms with Crippen LogP contribution in [0.25, 0.3) is 11.2 Å². The van der Waals surface area contributed by atoms with Crippen LogP contribution in [0.1, 0.15) is 6.92 Å². The van der Waals surface area contributed by atoms with Crippen LogP contribution in [0.3, 0.4) is 0 Å². The van der Waals surface area contributed by atoms with Crippen molar-refractivity contribution < 1.29 is 4.74 Å². The van der Waals surface area contributed by atoms with Gasteiger partial charge in [-0.05, 0) is 6.92 Å². The van der Waals surface area contributed by atoms with Gasteiger partial charge in [0.15, 0.2) is 11.2 Å². The number of hydrogen-bond donors (Lipinski definition) is 1. The molecule has 22 heavy (non-hydrogen) atoms. The Hall–Kier alpha value is -2.35. The zero-order chi connectivity index (χ0) is 15.7. The summed E-state index contributed by atoms with van der Waals surface area (Å²) in [6.07, 6.45) is 3.88. The number of anilines is 1. The van der Waals surface area contributed by atoms with Gasteiger partial charge in [-0.25, -0.2) is 4.79 Å². The normalized spacial score (nSPS) is 16.0. The number of hydrogen-bond acceptors (Lipinski definition) is 5. The molecular weight excluding hydrogens is 286 g/mol. The maximum absolute atomic E-state index is 12.2. The summed E-state index contributed by atoms with van der Waals surface area (Å²) in [6, 6.07) is 0. The summed E-state index contributed by atoms with van der Waals surface area (Å²) in [6.45, 7) is 5.13. The molecule has 0 amide bonds. The second-order valence-electron chi connectivity index (χ2n) is 5.18. The molecule has 8 heteroatoms. The zero-order valence-electron chi connectivity index (χ0n) is 12.7. The third-order valence-electron chi connectivity index (χ3n) is 3.80. The molecule has 1 aliphatic rings. The summed E-state index contributed by atoms with van der Waals surface area (Å²) in [4.78, 5) is 33.0. The summed E-state index contributed by atoms with van der Waals surface area (Å²) in [7, 11) is 1.61. The smallest absolute Gasteiger partial charge is 0.329 e. The highest BCUT2D eigenvalue weighted by molar-refractivity contribution is 5.74. The van der Waals surface area contributed by atoms with Crippen LogP contribution >= 0.6 is 0 Å². The van der Waals surface area contributed by atoms with Gasteiger partial charge in [0.25, 0.3) is 5.56 Å². The van der Waals surface area contributed by atoms with E-state index in [4.69, 9.17) is 4.74 Å². The summed E-state index contributed by atoms with van der Waals surface area (Å²) >= 11 is 0. The number of rotatable bonds is 3. The summed E-state index contributed by atoms with van der Waals surface area (Å²) in [5.41, 5.74) is -0.0437. The minimum absolute atomic E-state index is 0.403. The Morgan fingerprint density at radius 3 is 2.73 bits per heavy atom. The highest BCUT2D eigenvalue weighted by Gasteiger charge is 2.22. The molecule has 1 aliphatic heterocycles. The molecule has 1 fully saturated rings. The molecule has 0 unspecified atom stereocenters. The van der Waals surface area contributed by atoms with Gasteiger partial charge in [0.1, 0.15) is 0 Å². The maximum Gasteiger partial charge on any atom is 0.329 e. The van der Waals surface area contributed by atoms with Crippen LogP contribution in [0.4, 0.5) is 5.95 Å². The van der Waals surface area contributed by atoms with Crippen molar-refractivity contribution >= 4 is 17.1 Å². The lowest BCUT2D eigenvalue weighted by Gasteiger charge is -2.28. The lowest BCUT2D eigenvalue weighted by molar-refractivity contribution is 0.121. The standard InChI is InChI=1S/C14H19N5O3/c1-3-4-5-19-10-11(17(2)14(21)16-12(10)20)15-13(19)18-6-8-22-9-7-18/h3-4H,5-9H2,1-2H3,(H,16,20,21)/b4-3+. The topological polar surface area (TPSA) is 85.2 Å². The average molecular weight is 305 g/mol. The number of aromatic nitrogens is 4. The quantitative estimate of drug-likeness (QED) is 0.796. The number of nitrogens with one attached hydrogen (secondary N) is 1. The van der Waals surface area contributed by atoms with Crippen LogP contribution in [0.15, 0.2) is 21.7 Å². The maximum atomic E-state index is 12.2. The van der Waals surface area contributed by atoms with Gasteiger partial charge in [-0.2, -0.15) is 4.98 Å². The SMILES string of the molecule is C/C=C/Cn1c(N2CCOCC2)nc2c1c(=O)[nH]c(=O)n2C. The van der Waals surface area contributed by atoms with Crippen molar-refractivity contribution in [3.63, 3.8) is 0 Å². The Morgan fingerprint density at radius 2 is 2.05 bits per heavy atom. The second-order valence-corrected chi connectivity index (χ2v) is 5.18. The van der Waals surface area contributed by atoms with Gasteiger partial charge >= 0.3 is 5.69 Å². The van der Waals surface area contributed by atoms with Crippen LogP contribution in [-0.2, 0) is 18.3 Å². The van der Waals surface area contributed by atoms with E-state index in [1.54, 1.807) is 7.05 Å². The molecule has 8 nitrogen and oxygen atoms in total. The lowest BCUT2D eigenvalue weighted by atomic mass is 10.4. The first-order valence-corrected chi connectivity index (χ1v) is 7.27. The number of nitrogens with zero attached hydrogens (tertiary/aromatic N) is 4. The molecule has 0 atom stereocenters. The lowest BCUT2D eigenvalue weighted by Crippen LogP contribution is -2.38. The van der Waals surface area contributed by atoms with Crippen molar-refractivity contribution in [3.05, 3.63) is 33.0 Å². The van der Waals surface area contributed by atoms with Gasteiger partial charge in [-0.3, -0.25) is 14.3 Å². The zero-order valence-corrected chi connectivity index (χ0v) is 12.7. The molecule has 3 rings (SSSR count). The van der Waals surface area contributed by atoms with Crippen molar-refractivity contribution in [3.8, 4) is 0 Å². The fraction of sp³-hybridized carbons (Fsp3) is 0.500. The third kappa shape index (κ3) is 2.35. The highest BCUT2D eigenvalue weighted by atomic mass is 16.5. The van der Waals surface area contributed by atoms with E-state index in [-0.39, 0.29) is 0 Å². The van der Waals surface area contributed by atoms with Gasteiger partial charge in [-0.1, -0.05) is 12.2 Å². The molecule has 118 valence electrons. The molecule has 1 saturated heterocycles. The first kappa shape index (κ1) is 14.6. The van der Waals surface area contributed by atoms with Crippen LogP contribution in [0.5, 0.6) is 0 Å². The molecule has 0 radical (unpaired) electrons. The molecule has 3 heterocycles. The molecule has 0 saturated carbocycles. The number of morpholine rings is 1. The summed E-state index contributed by atoms with van der Waals surface area (Å²) in [5.74, 6) is 0.697. The molecule has 2 aromatic rings. The van der Waals surface area contributed by atoms with Crippen molar-refractivity contribution in [2.45, 2.75) is 13.5 Å². The molecule has 0 bridgehead atoms. The van der Waals surface area contributed by atoms with E-state index in [2.05, 4.69) is 14.9 Å². The highest BCUT2D eigenvalue weighted by Crippen LogP contribution is 2.20. The number of ether oxygens (including phenoxy) is 1. The predicted molar refractivity (Wildman–Crippen MR) is 83.4 cm³/mol. The minimum atomic E-state index is -0.457. The Bertz CT molecular complexity index is 823. The molecule has 1 N–H and O–H groups in total. The Balaban J connectivity index is 2.25. The van der Waals surface area contributed by atoms with Gasteiger partial charge in [-0.15, -0.1) is 0 Å². The molecule has 0 spiro atoms. The van der Waals surface area contributed by atoms with Gasteiger partial charge in [0.05, 0.1) is 13.2 Å². The van der Waals surface area contributed by atoms with E-state index in [0.29, 0.717) is 50.0 Å². The number of aromatic amines is 1.